The number of aromatic nitrogens is 2. The molecule has 1 aliphatic rings. The molecule has 0 spiro atoms. The minimum Gasteiger partial charge on any atom is -0.338 e. The van der Waals surface area contributed by atoms with Crippen LogP contribution in [0.3, 0.4) is 0 Å². The number of rotatable bonds is 1. The van der Waals surface area contributed by atoms with Crippen LogP contribution in [0.1, 0.15) is 22.7 Å². The van der Waals surface area contributed by atoms with Crippen molar-refractivity contribution in [3.8, 4) is 22.5 Å². The van der Waals surface area contributed by atoms with Gasteiger partial charge in [0, 0.05) is 5.56 Å². The highest BCUT2D eigenvalue weighted by atomic mass is 19.4. The highest BCUT2D eigenvalue weighted by Gasteiger charge is 2.31. The smallest absolute Gasteiger partial charge is 0.338 e. The second kappa shape index (κ2) is 5.44. The molecule has 3 nitrogen and oxygen atoms in total. The minimum absolute atomic E-state index is 0.225. The number of alkyl halides is 3. The van der Waals surface area contributed by atoms with Crippen LogP contribution < -0.4 is 5.73 Å². The standard InChI is InChI=1S/C21H14F3N3/c22-21(23,24)11-8-9-16-17(10-11)27-20(26-16)15-7-3-6-14-18(15)12-4-1-2-5-13(12)19(14)25/h1-10,19H,25H2,(H,26,27)/t19-/m1/s1. The first-order valence-corrected chi connectivity index (χ1v) is 8.48. The van der Waals surface area contributed by atoms with Crippen molar-refractivity contribution in [3.63, 3.8) is 0 Å². The molecule has 0 amide bonds. The maximum absolute atomic E-state index is 13.0. The molecule has 1 aliphatic carbocycles. The largest absolute Gasteiger partial charge is 0.416 e. The lowest BCUT2D eigenvalue weighted by Gasteiger charge is -2.08. The fourth-order valence-electron chi connectivity index (χ4n) is 3.80. The number of nitrogens with two attached hydrogens (primary N) is 1. The van der Waals surface area contributed by atoms with E-state index in [9.17, 15) is 13.2 Å². The molecule has 5 rings (SSSR count). The SMILES string of the molecule is N[C@@H]1c2ccccc2-c2c(-c3nc4ccc(C(F)(F)F)cc4[nH]3)cccc21. The summed E-state index contributed by atoms with van der Waals surface area (Å²) in [5.41, 5.74) is 11.4. The van der Waals surface area contributed by atoms with Gasteiger partial charge in [0.25, 0.3) is 0 Å². The Balaban J connectivity index is 1.72. The van der Waals surface area contributed by atoms with Crippen LogP contribution in [0.5, 0.6) is 0 Å². The summed E-state index contributed by atoms with van der Waals surface area (Å²) in [7, 11) is 0. The first-order chi connectivity index (χ1) is 12.9. The van der Waals surface area contributed by atoms with Crippen LogP contribution >= 0.6 is 0 Å². The third kappa shape index (κ3) is 2.37. The van der Waals surface area contributed by atoms with Gasteiger partial charge in [0.1, 0.15) is 5.82 Å². The van der Waals surface area contributed by atoms with Crippen LogP contribution in [0.25, 0.3) is 33.5 Å². The van der Waals surface area contributed by atoms with Crippen molar-refractivity contribution < 1.29 is 13.2 Å². The Morgan fingerprint density at radius 2 is 1.63 bits per heavy atom. The number of aromatic amines is 1. The van der Waals surface area contributed by atoms with E-state index in [-0.39, 0.29) is 6.04 Å². The first kappa shape index (κ1) is 16.1. The van der Waals surface area contributed by atoms with E-state index < -0.39 is 11.7 Å². The number of halogens is 3. The Morgan fingerprint density at radius 3 is 2.44 bits per heavy atom. The zero-order valence-corrected chi connectivity index (χ0v) is 14.0. The number of fused-ring (bicyclic) bond motifs is 4. The van der Waals surface area contributed by atoms with Crippen molar-refractivity contribution in [2.75, 3.05) is 0 Å². The third-order valence-corrected chi connectivity index (χ3v) is 5.06. The quantitative estimate of drug-likeness (QED) is 0.482. The van der Waals surface area contributed by atoms with Crippen molar-refractivity contribution in [2.24, 2.45) is 5.73 Å². The van der Waals surface area contributed by atoms with E-state index in [0.29, 0.717) is 16.9 Å². The Hall–Kier alpha value is -3.12. The van der Waals surface area contributed by atoms with Crippen LogP contribution in [0.2, 0.25) is 0 Å². The number of nitrogens with one attached hydrogen (secondary N) is 1. The molecule has 0 aliphatic heterocycles. The summed E-state index contributed by atoms with van der Waals surface area (Å²) < 4.78 is 39.0. The Morgan fingerprint density at radius 1 is 0.889 bits per heavy atom. The number of nitrogens with zero attached hydrogens (tertiary/aromatic N) is 1. The molecule has 0 saturated carbocycles. The normalized spacial score (nSPS) is 15.8. The van der Waals surface area contributed by atoms with Gasteiger partial charge in [-0.3, -0.25) is 0 Å². The van der Waals surface area contributed by atoms with Gasteiger partial charge in [0.05, 0.1) is 22.6 Å². The average molecular weight is 365 g/mol. The van der Waals surface area contributed by atoms with Crippen molar-refractivity contribution in [1.82, 2.24) is 9.97 Å². The maximum Gasteiger partial charge on any atom is 0.416 e. The fraction of sp³-hybridized carbons (Fsp3) is 0.0952. The Kier molecular flexibility index (Phi) is 3.24. The lowest BCUT2D eigenvalue weighted by Crippen LogP contribution is -2.07. The third-order valence-electron chi connectivity index (χ3n) is 5.06. The molecule has 134 valence electrons. The van der Waals surface area contributed by atoms with Gasteiger partial charge in [0.15, 0.2) is 0 Å². The number of H-pyrrole nitrogens is 1. The van der Waals surface area contributed by atoms with Crippen molar-refractivity contribution in [3.05, 3.63) is 77.4 Å². The molecule has 1 aromatic heterocycles. The van der Waals surface area contributed by atoms with Gasteiger partial charge in [-0.25, -0.2) is 4.98 Å². The maximum atomic E-state index is 13.0. The van der Waals surface area contributed by atoms with E-state index in [1.165, 1.54) is 6.07 Å². The van der Waals surface area contributed by atoms with Crippen LogP contribution in [0.4, 0.5) is 13.2 Å². The van der Waals surface area contributed by atoms with E-state index in [1.807, 2.05) is 42.5 Å². The highest BCUT2D eigenvalue weighted by molar-refractivity contribution is 5.91. The highest BCUT2D eigenvalue weighted by Crippen LogP contribution is 2.46. The average Bonchev–Trinajstić information content (AvgIpc) is 3.21. The summed E-state index contributed by atoms with van der Waals surface area (Å²) in [4.78, 5) is 7.57. The molecular formula is C21H14F3N3. The lowest BCUT2D eigenvalue weighted by molar-refractivity contribution is -0.137. The molecule has 6 heteroatoms. The lowest BCUT2D eigenvalue weighted by atomic mass is 9.99. The molecule has 3 N–H and O–H groups in total. The van der Waals surface area contributed by atoms with Gasteiger partial charge in [-0.05, 0) is 40.5 Å². The van der Waals surface area contributed by atoms with Gasteiger partial charge < -0.3 is 10.7 Å². The molecule has 1 atom stereocenters. The van der Waals surface area contributed by atoms with E-state index in [0.717, 1.165) is 39.9 Å². The predicted octanol–water partition coefficient (Wildman–Crippen LogP) is 5.28. The number of hydrogen-bond donors (Lipinski definition) is 2. The zero-order valence-electron chi connectivity index (χ0n) is 14.0. The second-order valence-electron chi connectivity index (χ2n) is 6.65. The summed E-state index contributed by atoms with van der Waals surface area (Å²) in [5, 5.41) is 0. The number of hydrogen-bond acceptors (Lipinski definition) is 2. The topological polar surface area (TPSA) is 54.7 Å². The zero-order chi connectivity index (χ0) is 18.8. The molecule has 1 heterocycles. The molecule has 0 saturated heterocycles. The van der Waals surface area contributed by atoms with Crippen molar-refractivity contribution in [1.29, 1.82) is 0 Å². The summed E-state index contributed by atoms with van der Waals surface area (Å²) in [6, 6.07) is 17.0. The summed E-state index contributed by atoms with van der Waals surface area (Å²) in [5.74, 6) is 0.532. The minimum atomic E-state index is -4.39. The molecule has 4 aromatic rings. The van der Waals surface area contributed by atoms with Crippen molar-refractivity contribution >= 4 is 11.0 Å². The first-order valence-electron chi connectivity index (χ1n) is 8.48. The van der Waals surface area contributed by atoms with Gasteiger partial charge in [-0.15, -0.1) is 0 Å². The fourth-order valence-corrected chi connectivity index (χ4v) is 3.80. The second-order valence-corrected chi connectivity index (χ2v) is 6.65. The molecule has 0 bridgehead atoms. The van der Waals surface area contributed by atoms with Crippen LogP contribution in [0.15, 0.2) is 60.7 Å². The van der Waals surface area contributed by atoms with Gasteiger partial charge in [-0.2, -0.15) is 13.2 Å². The van der Waals surface area contributed by atoms with E-state index in [4.69, 9.17) is 5.73 Å². The van der Waals surface area contributed by atoms with Crippen LogP contribution in [0, 0.1) is 0 Å². The van der Waals surface area contributed by atoms with Gasteiger partial charge in [0.2, 0.25) is 0 Å². The predicted molar refractivity (Wildman–Crippen MR) is 98.0 cm³/mol. The van der Waals surface area contributed by atoms with Crippen LogP contribution in [-0.2, 0) is 6.18 Å². The Labute approximate surface area is 152 Å². The summed E-state index contributed by atoms with van der Waals surface area (Å²) in [6.45, 7) is 0. The molecule has 0 fully saturated rings. The van der Waals surface area contributed by atoms with Crippen molar-refractivity contribution in [2.45, 2.75) is 12.2 Å². The molecule has 0 radical (unpaired) electrons. The summed E-state index contributed by atoms with van der Waals surface area (Å²) in [6.07, 6.45) is -4.39. The number of imidazole rings is 1. The summed E-state index contributed by atoms with van der Waals surface area (Å²) >= 11 is 0. The number of benzene rings is 3. The molecule has 0 unspecified atom stereocenters. The van der Waals surface area contributed by atoms with Crippen LogP contribution in [-0.4, -0.2) is 9.97 Å². The van der Waals surface area contributed by atoms with E-state index in [2.05, 4.69) is 9.97 Å². The monoisotopic (exact) mass is 365 g/mol. The molecular weight excluding hydrogens is 351 g/mol. The van der Waals surface area contributed by atoms with E-state index in [1.54, 1.807) is 0 Å². The van der Waals surface area contributed by atoms with E-state index >= 15 is 0 Å². The Bertz CT molecular complexity index is 1190. The molecule has 3 aromatic carbocycles. The van der Waals surface area contributed by atoms with Gasteiger partial charge in [-0.1, -0.05) is 42.5 Å². The van der Waals surface area contributed by atoms with Gasteiger partial charge >= 0.3 is 6.18 Å². The molecule has 27 heavy (non-hydrogen) atoms.